The van der Waals surface area contributed by atoms with Gasteiger partial charge in [0.2, 0.25) is 0 Å². The molecule has 1 aliphatic heterocycles. The molecule has 2 aromatic rings. The summed E-state index contributed by atoms with van der Waals surface area (Å²) < 4.78 is 5.11. The maximum atomic E-state index is 12.4. The van der Waals surface area contributed by atoms with Crippen LogP contribution in [0.5, 0.6) is 0 Å². The molecule has 1 N–H and O–H groups in total. The molecule has 2 aliphatic rings. The van der Waals surface area contributed by atoms with Gasteiger partial charge in [-0.15, -0.1) is 0 Å². The number of rotatable bonds is 4. The Labute approximate surface area is 142 Å². The molecule has 126 valence electrons. The number of nitrogens with one attached hydrogen (secondary N) is 1. The van der Waals surface area contributed by atoms with E-state index in [1.54, 1.807) is 0 Å². The van der Waals surface area contributed by atoms with Crippen LogP contribution in [0.2, 0.25) is 0 Å². The second-order valence-corrected chi connectivity index (χ2v) is 7.10. The summed E-state index contributed by atoms with van der Waals surface area (Å²) in [5.74, 6) is -0.124. The van der Waals surface area contributed by atoms with Crippen molar-refractivity contribution in [1.82, 2.24) is 10.2 Å². The van der Waals surface area contributed by atoms with Crippen LogP contribution in [0.1, 0.15) is 18.4 Å². The van der Waals surface area contributed by atoms with Gasteiger partial charge in [0.15, 0.2) is 0 Å². The Morgan fingerprint density at radius 3 is 2.79 bits per heavy atom. The molecular weight excluding hydrogens is 300 g/mol. The van der Waals surface area contributed by atoms with Crippen LogP contribution >= 0.6 is 0 Å². The van der Waals surface area contributed by atoms with Crippen molar-refractivity contribution in [2.45, 2.75) is 30.8 Å². The predicted octanol–water partition coefficient (Wildman–Crippen LogP) is 2.36. The van der Waals surface area contributed by atoms with Crippen LogP contribution in [-0.2, 0) is 16.0 Å². The molecule has 1 atom stereocenters. The van der Waals surface area contributed by atoms with Crippen molar-refractivity contribution < 1.29 is 9.53 Å². The predicted molar refractivity (Wildman–Crippen MR) is 95.0 cm³/mol. The molecule has 4 nitrogen and oxygen atoms in total. The molecule has 0 radical (unpaired) electrons. The van der Waals surface area contributed by atoms with Gasteiger partial charge in [-0.1, -0.05) is 42.5 Å². The average molecular weight is 324 g/mol. The fourth-order valence-electron chi connectivity index (χ4n) is 3.83. The molecule has 1 saturated carbocycles. The largest absolute Gasteiger partial charge is 0.468 e. The second-order valence-electron chi connectivity index (χ2n) is 7.10. The van der Waals surface area contributed by atoms with E-state index in [1.807, 2.05) is 0 Å². The Kier molecular flexibility index (Phi) is 4.02. The molecule has 0 amide bonds. The van der Waals surface area contributed by atoms with Gasteiger partial charge in [-0.05, 0) is 35.6 Å². The highest BCUT2D eigenvalue weighted by atomic mass is 16.5. The summed E-state index contributed by atoms with van der Waals surface area (Å²) in [5, 5.41) is 6.06. The van der Waals surface area contributed by atoms with Crippen LogP contribution in [0.25, 0.3) is 10.8 Å². The lowest BCUT2D eigenvalue weighted by atomic mass is 9.99. The number of benzene rings is 2. The fraction of sp³-hybridized carbons (Fsp3) is 0.450. The number of hydrogen-bond acceptors (Lipinski definition) is 4. The topological polar surface area (TPSA) is 41.6 Å². The highest BCUT2D eigenvalue weighted by Gasteiger charge is 2.47. The van der Waals surface area contributed by atoms with Gasteiger partial charge in [-0.25, -0.2) is 0 Å². The number of fused-ring (bicyclic) bond motifs is 1. The van der Waals surface area contributed by atoms with Crippen molar-refractivity contribution in [3.8, 4) is 0 Å². The van der Waals surface area contributed by atoms with Crippen molar-refractivity contribution >= 4 is 16.7 Å². The van der Waals surface area contributed by atoms with E-state index in [4.69, 9.17) is 4.74 Å². The molecule has 0 unspecified atom stereocenters. The highest BCUT2D eigenvalue weighted by molar-refractivity contribution is 5.83. The Morgan fingerprint density at radius 1 is 1.25 bits per heavy atom. The zero-order valence-corrected chi connectivity index (χ0v) is 14.1. The van der Waals surface area contributed by atoms with Crippen LogP contribution in [0.15, 0.2) is 42.5 Å². The zero-order valence-electron chi connectivity index (χ0n) is 14.1. The van der Waals surface area contributed by atoms with Gasteiger partial charge in [0.25, 0.3) is 0 Å². The van der Waals surface area contributed by atoms with Gasteiger partial charge in [-0.3, -0.25) is 9.69 Å². The summed E-state index contributed by atoms with van der Waals surface area (Å²) in [6.45, 7) is 2.79. The number of methoxy groups -OCH3 is 1. The number of carbonyl (C=O) groups excluding carboxylic acids is 1. The summed E-state index contributed by atoms with van der Waals surface area (Å²) in [6.07, 6.45) is 3.13. The number of ether oxygens (including phenoxy) is 1. The van der Waals surface area contributed by atoms with Crippen molar-refractivity contribution in [2.75, 3.05) is 26.7 Å². The van der Waals surface area contributed by atoms with Crippen LogP contribution in [-0.4, -0.2) is 49.2 Å². The number of hydrogen-bond donors (Lipinski definition) is 1. The van der Waals surface area contributed by atoms with Crippen molar-refractivity contribution in [3.63, 3.8) is 0 Å². The Hall–Kier alpha value is -1.91. The molecule has 1 heterocycles. The molecule has 24 heavy (non-hydrogen) atoms. The summed E-state index contributed by atoms with van der Waals surface area (Å²) >= 11 is 0. The van der Waals surface area contributed by atoms with E-state index < -0.39 is 0 Å². The standard InChI is InChI=1S/C20H24N2O2/c1-24-19(23)18(22-11-10-21-20(14-22)8-9-20)13-15-6-7-16-4-2-3-5-17(16)12-15/h2-7,12,18,21H,8-11,13-14H2,1H3/t18-/m0/s1. The molecule has 2 aromatic carbocycles. The molecular formula is C20H24N2O2. The minimum absolute atomic E-state index is 0.124. The van der Waals surface area contributed by atoms with E-state index in [0.717, 1.165) is 19.6 Å². The smallest absolute Gasteiger partial charge is 0.323 e. The third-order valence-electron chi connectivity index (χ3n) is 5.42. The van der Waals surface area contributed by atoms with E-state index in [1.165, 1.54) is 36.3 Å². The first kappa shape index (κ1) is 15.6. The average Bonchev–Trinajstić information content (AvgIpc) is 3.37. The molecule has 1 saturated heterocycles. The second kappa shape index (κ2) is 6.19. The number of carbonyl (C=O) groups is 1. The molecule has 4 heteroatoms. The van der Waals surface area contributed by atoms with E-state index >= 15 is 0 Å². The fourth-order valence-corrected chi connectivity index (χ4v) is 3.83. The van der Waals surface area contributed by atoms with Crippen molar-refractivity contribution in [3.05, 3.63) is 48.0 Å². The van der Waals surface area contributed by atoms with Gasteiger partial charge in [-0.2, -0.15) is 0 Å². The molecule has 1 spiro atoms. The number of piperazine rings is 1. The summed E-state index contributed by atoms with van der Waals surface area (Å²) in [5.41, 5.74) is 1.45. The normalized spacial score (nSPS) is 20.9. The Bertz CT molecular complexity index is 754. The van der Waals surface area contributed by atoms with Gasteiger partial charge >= 0.3 is 5.97 Å². The molecule has 0 aromatic heterocycles. The first-order chi connectivity index (χ1) is 11.7. The molecule has 2 fully saturated rings. The van der Waals surface area contributed by atoms with Crippen LogP contribution in [0.4, 0.5) is 0 Å². The summed E-state index contributed by atoms with van der Waals surface area (Å²) in [6, 6.07) is 14.6. The zero-order chi connectivity index (χ0) is 16.6. The van der Waals surface area contributed by atoms with Crippen LogP contribution < -0.4 is 5.32 Å². The van der Waals surface area contributed by atoms with Gasteiger partial charge in [0, 0.05) is 25.2 Å². The van der Waals surface area contributed by atoms with Crippen molar-refractivity contribution in [1.29, 1.82) is 0 Å². The lowest BCUT2D eigenvalue weighted by molar-refractivity contribution is -0.147. The maximum Gasteiger partial charge on any atom is 0.323 e. The number of nitrogens with zero attached hydrogens (tertiary/aromatic N) is 1. The number of esters is 1. The highest BCUT2D eigenvalue weighted by Crippen LogP contribution is 2.38. The lowest BCUT2D eigenvalue weighted by Gasteiger charge is -2.38. The van der Waals surface area contributed by atoms with Gasteiger partial charge in [0.1, 0.15) is 6.04 Å². The van der Waals surface area contributed by atoms with E-state index in [-0.39, 0.29) is 17.6 Å². The van der Waals surface area contributed by atoms with Crippen LogP contribution in [0, 0.1) is 0 Å². The third-order valence-corrected chi connectivity index (χ3v) is 5.42. The molecule has 0 bridgehead atoms. The quantitative estimate of drug-likeness (QED) is 0.877. The first-order valence-corrected chi connectivity index (χ1v) is 8.74. The van der Waals surface area contributed by atoms with Gasteiger partial charge < -0.3 is 10.1 Å². The minimum Gasteiger partial charge on any atom is -0.468 e. The summed E-state index contributed by atoms with van der Waals surface area (Å²) in [7, 11) is 1.49. The Balaban J connectivity index is 1.57. The Morgan fingerprint density at radius 2 is 2.04 bits per heavy atom. The van der Waals surface area contributed by atoms with E-state index in [2.05, 4.69) is 52.7 Å². The maximum absolute atomic E-state index is 12.4. The lowest BCUT2D eigenvalue weighted by Crippen LogP contribution is -2.58. The van der Waals surface area contributed by atoms with Gasteiger partial charge in [0.05, 0.1) is 7.11 Å². The first-order valence-electron chi connectivity index (χ1n) is 8.74. The van der Waals surface area contributed by atoms with Crippen molar-refractivity contribution in [2.24, 2.45) is 0 Å². The molecule has 1 aliphatic carbocycles. The van der Waals surface area contributed by atoms with E-state index in [9.17, 15) is 4.79 Å². The van der Waals surface area contributed by atoms with E-state index in [0.29, 0.717) is 6.42 Å². The summed E-state index contributed by atoms with van der Waals surface area (Å²) in [4.78, 5) is 14.7. The minimum atomic E-state index is -0.198. The molecule has 4 rings (SSSR count). The SMILES string of the molecule is COC(=O)[C@H](Cc1ccc2ccccc2c1)N1CCNC2(CC2)C1. The van der Waals surface area contributed by atoms with Crippen LogP contribution in [0.3, 0.4) is 0 Å². The third kappa shape index (κ3) is 3.04. The monoisotopic (exact) mass is 324 g/mol.